The normalized spacial score (nSPS) is 20.5. The summed E-state index contributed by atoms with van der Waals surface area (Å²) in [7, 11) is 3.62. The number of carbonyl (C=O) groups excluding carboxylic acids is 1. The molecule has 1 fully saturated rings. The smallest absolute Gasteiger partial charge is 0.356 e. The maximum absolute atomic E-state index is 12.2. The molecule has 9 nitrogen and oxygen atoms in total. The molecule has 0 spiro atoms. The first-order valence-electron chi connectivity index (χ1n) is 7.44. The van der Waals surface area contributed by atoms with E-state index in [0.717, 1.165) is 11.3 Å². The molecule has 0 unspecified atom stereocenters. The molecule has 2 aromatic rings. The quantitative estimate of drug-likeness (QED) is 0.844. The van der Waals surface area contributed by atoms with Crippen molar-refractivity contribution >= 4 is 17.7 Å². The van der Waals surface area contributed by atoms with Gasteiger partial charge < -0.3 is 15.3 Å². The number of nitrogens with zero attached hydrogens (tertiary/aromatic N) is 5. The van der Waals surface area contributed by atoms with E-state index in [1.807, 2.05) is 14.0 Å². The summed E-state index contributed by atoms with van der Waals surface area (Å²) in [5, 5.41) is 16.3. The Hall–Kier alpha value is -2.97. The minimum atomic E-state index is -1.13. The Labute approximate surface area is 138 Å². The van der Waals surface area contributed by atoms with Crippen LogP contribution in [0.3, 0.4) is 0 Å². The molecule has 0 radical (unpaired) electrons. The number of carbonyl (C=O) groups is 2. The molecule has 2 aromatic heterocycles. The zero-order valence-corrected chi connectivity index (χ0v) is 13.6. The summed E-state index contributed by atoms with van der Waals surface area (Å²) in [6.45, 7) is 1.96. The molecule has 2 N–H and O–H groups in total. The Bertz CT molecular complexity index is 785. The van der Waals surface area contributed by atoms with E-state index in [0.29, 0.717) is 12.2 Å². The van der Waals surface area contributed by atoms with E-state index in [9.17, 15) is 9.59 Å². The van der Waals surface area contributed by atoms with Crippen molar-refractivity contribution in [2.45, 2.75) is 25.4 Å². The lowest BCUT2D eigenvalue weighted by Gasteiger charge is -2.25. The maximum Gasteiger partial charge on any atom is 0.356 e. The van der Waals surface area contributed by atoms with Gasteiger partial charge in [-0.05, 0) is 6.92 Å². The Balaban J connectivity index is 1.86. The van der Waals surface area contributed by atoms with E-state index in [4.69, 9.17) is 5.11 Å². The standard InChI is InChI=1S/C15H18N6O3/c1-8-9(5-18-21(8)3)14-10(4-13(22)20(14)2)19-12-7-16-11(6-17-12)15(23)24/h5-7,10,14H,4H2,1-3H3,(H,17,19)(H,23,24)/t10-,14+/m1/s1. The Morgan fingerprint density at radius 3 is 2.58 bits per heavy atom. The molecule has 3 rings (SSSR count). The van der Waals surface area contributed by atoms with Crippen LogP contribution < -0.4 is 5.32 Å². The Morgan fingerprint density at radius 2 is 2.04 bits per heavy atom. The second-order valence-corrected chi connectivity index (χ2v) is 5.81. The highest BCUT2D eigenvalue weighted by Crippen LogP contribution is 2.34. The number of likely N-dealkylation sites (tertiary alicyclic amines) is 1. The highest BCUT2D eigenvalue weighted by Gasteiger charge is 2.40. The molecule has 0 aromatic carbocycles. The second kappa shape index (κ2) is 5.91. The van der Waals surface area contributed by atoms with Gasteiger partial charge in [0.05, 0.1) is 30.7 Å². The molecule has 9 heteroatoms. The van der Waals surface area contributed by atoms with Crippen molar-refractivity contribution in [3.05, 3.63) is 35.5 Å². The molecule has 3 heterocycles. The summed E-state index contributed by atoms with van der Waals surface area (Å²) < 4.78 is 1.77. The number of rotatable bonds is 4. The van der Waals surface area contributed by atoms with Gasteiger partial charge in [-0.2, -0.15) is 5.10 Å². The van der Waals surface area contributed by atoms with Crippen molar-refractivity contribution in [1.29, 1.82) is 0 Å². The van der Waals surface area contributed by atoms with Crippen LogP contribution in [0.25, 0.3) is 0 Å². The first-order chi connectivity index (χ1) is 11.4. The number of likely N-dealkylation sites (N-methyl/N-ethyl adjacent to an activating group) is 1. The number of aromatic nitrogens is 4. The summed E-state index contributed by atoms with van der Waals surface area (Å²) in [5.74, 6) is -0.677. The molecule has 0 aliphatic carbocycles. The first kappa shape index (κ1) is 15.9. The van der Waals surface area contributed by atoms with Crippen LogP contribution in [-0.2, 0) is 11.8 Å². The summed E-state index contributed by atoms with van der Waals surface area (Å²) in [4.78, 5) is 32.6. The zero-order valence-electron chi connectivity index (χ0n) is 13.6. The van der Waals surface area contributed by atoms with Crippen molar-refractivity contribution in [1.82, 2.24) is 24.6 Å². The van der Waals surface area contributed by atoms with Gasteiger partial charge in [-0.25, -0.2) is 14.8 Å². The summed E-state index contributed by atoms with van der Waals surface area (Å²) in [5.41, 5.74) is 1.83. The number of anilines is 1. The van der Waals surface area contributed by atoms with Gasteiger partial charge in [0.1, 0.15) is 5.82 Å². The van der Waals surface area contributed by atoms with E-state index in [2.05, 4.69) is 20.4 Å². The molecule has 1 saturated heterocycles. The van der Waals surface area contributed by atoms with Gasteiger partial charge in [0, 0.05) is 31.8 Å². The van der Waals surface area contributed by atoms with Crippen LogP contribution in [-0.4, -0.2) is 54.7 Å². The van der Waals surface area contributed by atoms with Gasteiger partial charge in [0.2, 0.25) is 5.91 Å². The first-order valence-corrected chi connectivity index (χ1v) is 7.44. The molecule has 126 valence electrons. The molecule has 24 heavy (non-hydrogen) atoms. The predicted molar refractivity (Wildman–Crippen MR) is 84.5 cm³/mol. The van der Waals surface area contributed by atoms with Crippen molar-refractivity contribution in [2.75, 3.05) is 12.4 Å². The summed E-state index contributed by atoms with van der Waals surface area (Å²) in [6.07, 6.45) is 4.63. The lowest BCUT2D eigenvalue weighted by molar-refractivity contribution is -0.127. The average Bonchev–Trinajstić information content (AvgIpc) is 3.01. The van der Waals surface area contributed by atoms with Crippen LogP contribution >= 0.6 is 0 Å². The average molecular weight is 330 g/mol. The van der Waals surface area contributed by atoms with Gasteiger partial charge in [-0.1, -0.05) is 0 Å². The molecule has 1 aliphatic rings. The second-order valence-electron chi connectivity index (χ2n) is 5.81. The van der Waals surface area contributed by atoms with Gasteiger partial charge in [-0.15, -0.1) is 0 Å². The number of carboxylic acids is 1. The molecular weight excluding hydrogens is 312 g/mol. The Kier molecular flexibility index (Phi) is 3.92. The molecule has 1 amide bonds. The highest BCUT2D eigenvalue weighted by molar-refractivity contribution is 5.85. The monoisotopic (exact) mass is 330 g/mol. The number of carboxylic acid groups (broad SMARTS) is 1. The van der Waals surface area contributed by atoms with Crippen LogP contribution in [0.1, 0.15) is 34.2 Å². The predicted octanol–water partition coefficient (Wildman–Crippen LogP) is 0.601. The lowest BCUT2D eigenvalue weighted by Crippen LogP contribution is -2.30. The minimum Gasteiger partial charge on any atom is -0.476 e. The third kappa shape index (κ3) is 2.68. The van der Waals surface area contributed by atoms with Crippen molar-refractivity contribution in [2.24, 2.45) is 7.05 Å². The van der Waals surface area contributed by atoms with Gasteiger partial charge in [0.25, 0.3) is 0 Å². The highest BCUT2D eigenvalue weighted by atomic mass is 16.4. The van der Waals surface area contributed by atoms with Crippen LogP contribution in [0, 0.1) is 6.92 Å². The molecule has 1 aliphatic heterocycles. The number of amides is 1. The van der Waals surface area contributed by atoms with Gasteiger partial charge >= 0.3 is 5.97 Å². The van der Waals surface area contributed by atoms with Crippen molar-refractivity contribution in [3.8, 4) is 0 Å². The topological polar surface area (TPSA) is 113 Å². The van der Waals surface area contributed by atoms with Gasteiger partial charge in [0.15, 0.2) is 5.69 Å². The number of hydrogen-bond acceptors (Lipinski definition) is 6. The third-order valence-corrected chi connectivity index (χ3v) is 4.38. The number of nitrogens with one attached hydrogen (secondary N) is 1. The van der Waals surface area contributed by atoms with E-state index in [1.54, 1.807) is 22.8 Å². The van der Waals surface area contributed by atoms with Crippen LogP contribution in [0.4, 0.5) is 5.82 Å². The largest absolute Gasteiger partial charge is 0.476 e. The molecular formula is C15H18N6O3. The van der Waals surface area contributed by atoms with Crippen LogP contribution in [0.5, 0.6) is 0 Å². The molecule has 0 saturated carbocycles. The molecule has 0 bridgehead atoms. The Morgan fingerprint density at radius 1 is 1.29 bits per heavy atom. The lowest BCUT2D eigenvalue weighted by atomic mass is 10.0. The number of aromatic carboxylic acids is 1. The van der Waals surface area contributed by atoms with E-state index < -0.39 is 5.97 Å². The zero-order chi connectivity index (χ0) is 17.4. The van der Waals surface area contributed by atoms with Crippen molar-refractivity contribution in [3.63, 3.8) is 0 Å². The number of aryl methyl sites for hydroxylation is 1. The fraction of sp³-hybridized carbons (Fsp3) is 0.400. The maximum atomic E-state index is 12.2. The van der Waals surface area contributed by atoms with Crippen LogP contribution in [0.2, 0.25) is 0 Å². The fourth-order valence-electron chi connectivity index (χ4n) is 2.93. The summed E-state index contributed by atoms with van der Waals surface area (Å²) >= 11 is 0. The number of hydrogen-bond donors (Lipinski definition) is 2. The third-order valence-electron chi connectivity index (χ3n) is 4.38. The van der Waals surface area contributed by atoms with Crippen LogP contribution in [0.15, 0.2) is 18.6 Å². The minimum absolute atomic E-state index is 0.0240. The van der Waals surface area contributed by atoms with E-state index >= 15 is 0 Å². The van der Waals surface area contributed by atoms with Gasteiger partial charge in [-0.3, -0.25) is 9.48 Å². The fourth-order valence-corrected chi connectivity index (χ4v) is 2.93. The summed E-state index contributed by atoms with van der Waals surface area (Å²) in [6, 6.07) is -0.373. The van der Waals surface area contributed by atoms with E-state index in [1.165, 1.54) is 12.4 Å². The van der Waals surface area contributed by atoms with Crippen molar-refractivity contribution < 1.29 is 14.7 Å². The SMILES string of the molecule is Cc1c([C@H]2[C@H](Nc3cnc(C(=O)O)cn3)CC(=O)N2C)cnn1C. The van der Waals surface area contributed by atoms with E-state index in [-0.39, 0.29) is 23.7 Å². The molecule has 2 atom stereocenters.